The van der Waals surface area contributed by atoms with Crippen LogP contribution in [0.2, 0.25) is 0 Å². The first-order chi connectivity index (χ1) is 18.4. The molecule has 196 valence electrons. The molecule has 1 unspecified atom stereocenters. The Kier molecular flexibility index (Phi) is 9.11. The minimum atomic E-state index is -0.834. The summed E-state index contributed by atoms with van der Waals surface area (Å²) in [5.74, 6) is -1.09. The number of nitrogens with one attached hydrogen (secondary N) is 1. The van der Waals surface area contributed by atoms with Gasteiger partial charge < -0.3 is 20.3 Å². The van der Waals surface area contributed by atoms with Crippen molar-refractivity contribution in [3.05, 3.63) is 107 Å². The minimum Gasteiger partial charge on any atom is -0.508 e. The fourth-order valence-corrected chi connectivity index (χ4v) is 4.53. The number of carbonyl (C=O) groups excluding carboxylic acids is 1. The lowest BCUT2D eigenvalue weighted by Crippen LogP contribution is -2.20. The van der Waals surface area contributed by atoms with Gasteiger partial charge >= 0.3 is 5.97 Å². The zero-order chi connectivity index (χ0) is 26.9. The van der Waals surface area contributed by atoms with Crippen molar-refractivity contribution in [1.29, 1.82) is 0 Å². The van der Waals surface area contributed by atoms with Gasteiger partial charge in [0, 0.05) is 12.1 Å². The van der Waals surface area contributed by atoms with E-state index >= 15 is 0 Å². The van der Waals surface area contributed by atoms with Crippen LogP contribution in [-0.4, -0.2) is 28.7 Å². The number of anilines is 1. The number of phenols is 1. The first-order valence-electron chi connectivity index (χ1n) is 12.9. The van der Waals surface area contributed by atoms with E-state index in [9.17, 15) is 14.7 Å². The van der Waals surface area contributed by atoms with Gasteiger partial charge in [-0.25, -0.2) is 0 Å². The maximum absolute atomic E-state index is 13.4. The second kappa shape index (κ2) is 12.9. The van der Waals surface area contributed by atoms with Gasteiger partial charge in [-0.1, -0.05) is 66.7 Å². The smallest absolute Gasteiger partial charge is 0.303 e. The standard InChI is InChI=1S/C32H33NO5/c1-22(28-10-4-7-25-6-2-3-9-29(25)28)32(37)33-30-20-24(12-15-26(30)8-5-11-31(35)36)21-38-19-18-23-13-16-27(34)17-14-23/h2-4,6-7,9-10,12-17,20,22,34H,5,8,11,18-19,21H2,1H3,(H,33,37)(H,35,36). The highest BCUT2D eigenvalue weighted by Gasteiger charge is 2.19. The number of aliphatic carboxylic acids is 1. The summed E-state index contributed by atoms with van der Waals surface area (Å²) in [5.41, 5.74) is 4.55. The normalized spacial score (nSPS) is 11.8. The SMILES string of the molecule is CC(C(=O)Nc1cc(COCCc2ccc(O)cc2)ccc1CCCC(=O)O)c1cccc2ccccc12. The van der Waals surface area contributed by atoms with E-state index in [-0.39, 0.29) is 24.0 Å². The van der Waals surface area contributed by atoms with Gasteiger partial charge in [-0.3, -0.25) is 9.59 Å². The Morgan fingerprint density at radius 2 is 1.63 bits per heavy atom. The molecule has 1 atom stereocenters. The number of carbonyl (C=O) groups is 2. The van der Waals surface area contributed by atoms with Crippen LogP contribution in [0.15, 0.2) is 84.9 Å². The molecule has 0 aromatic heterocycles. The van der Waals surface area contributed by atoms with Gasteiger partial charge in [-0.15, -0.1) is 0 Å². The summed E-state index contributed by atoms with van der Waals surface area (Å²) in [6.07, 6.45) is 1.83. The molecule has 3 N–H and O–H groups in total. The highest BCUT2D eigenvalue weighted by atomic mass is 16.5. The number of aromatic hydroxyl groups is 1. The average Bonchev–Trinajstić information content (AvgIpc) is 2.92. The van der Waals surface area contributed by atoms with Crippen LogP contribution in [0.4, 0.5) is 5.69 Å². The highest BCUT2D eigenvalue weighted by molar-refractivity contribution is 5.99. The Hall–Kier alpha value is -4.16. The molecule has 4 rings (SSSR count). The number of aryl methyl sites for hydroxylation is 1. The van der Waals surface area contributed by atoms with Crippen molar-refractivity contribution in [2.24, 2.45) is 0 Å². The van der Waals surface area contributed by atoms with Crippen LogP contribution in [0.1, 0.15) is 47.9 Å². The van der Waals surface area contributed by atoms with E-state index in [0.29, 0.717) is 31.7 Å². The number of carboxylic acid groups (broad SMARTS) is 1. The third-order valence-corrected chi connectivity index (χ3v) is 6.69. The minimum absolute atomic E-state index is 0.0713. The monoisotopic (exact) mass is 511 g/mol. The summed E-state index contributed by atoms with van der Waals surface area (Å²) in [6, 6.07) is 26.9. The molecule has 0 spiro atoms. The topological polar surface area (TPSA) is 95.9 Å². The largest absolute Gasteiger partial charge is 0.508 e. The summed E-state index contributed by atoms with van der Waals surface area (Å²) in [5, 5.41) is 23.7. The fraction of sp³-hybridized carbons (Fsp3) is 0.250. The van der Waals surface area contributed by atoms with E-state index in [4.69, 9.17) is 9.84 Å². The molecule has 6 heteroatoms. The predicted molar refractivity (Wildman–Crippen MR) is 149 cm³/mol. The van der Waals surface area contributed by atoms with Crippen molar-refractivity contribution in [2.45, 2.75) is 45.1 Å². The molecule has 0 aliphatic carbocycles. The third-order valence-electron chi connectivity index (χ3n) is 6.69. The Labute approximate surface area is 222 Å². The summed E-state index contributed by atoms with van der Waals surface area (Å²) >= 11 is 0. The van der Waals surface area contributed by atoms with Gasteiger partial charge in [-0.2, -0.15) is 0 Å². The van der Waals surface area contributed by atoms with Crippen molar-refractivity contribution in [2.75, 3.05) is 11.9 Å². The lowest BCUT2D eigenvalue weighted by molar-refractivity contribution is -0.137. The first-order valence-corrected chi connectivity index (χ1v) is 12.9. The molecule has 0 saturated heterocycles. The lowest BCUT2D eigenvalue weighted by Gasteiger charge is -2.18. The summed E-state index contributed by atoms with van der Waals surface area (Å²) < 4.78 is 5.88. The van der Waals surface area contributed by atoms with E-state index in [1.807, 2.05) is 79.7 Å². The van der Waals surface area contributed by atoms with E-state index in [2.05, 4.69) is 5.32 Å². The molecule has 0 saturated carbocycles. The predicted octanol–water partition coefficient (Wildman–Crippen LogP) is 6.45. The molecular weight excluding hydrogens is 478 g/mol. The van der Waals surface area contributed by atoms with Gasteiger partial charge in [0.2, 0.25) is 5.91 Å². The zero-order valence-electron chi connectivity index (χ0n) is 21.5. The Balaban J connectivity index is 1.46. The molecule has 0 bridgehead atoms. The van der Waals surface area contributed by atoms with Crippen LogP contribution >= 0.6 is 0 Å². The number of fused-ring (bicyclic) bond motifs is 1. The quantitative estimate of drug-likeness (QED) is 0.190. The maximum Gasteiger partial charge on any atom is 0.303 e. The van der Waals surface area contributed by atoms with Crippen LogP contribution in [0.25, 0.3) is 10.8 Å². The van der Waals surface area contributed by atoms with Crippen molar-refractivity contribution in [3.63, 3.8) is 0 Å². The number of rotatable bonds is 12. The number of phenolic OH excluding ortho intramolecular Hbond substituents is 1. The molecular formula is C32H33NO5. The molecule has 0 aliphatic rings. The van der Waals surface area contributed by atoms with Crippen LogP contribution < -0.4 is 5.32 Å². The Morgan fingerprint density at radius 3 is 2.42 bits per heavy atom. The Bertz CT molecular complexity index is 1390. The van der Waals surface area contributed by atoms with Crippen molar-refractivity contribution in [3.8, 4) is 5.75 Å². The highest BCUT2D eigenvalue weighted by Crippen LogP contribution is 2.28. The first kappa shape index (κ1) is 26.9. The van der Waals surface area contributed by atoms with Crippen LogP contribution in [0.3, 0.4) is 0 Å². The van der Waals surface area contributed by atoms with Gasteiger partial charge in [0.1, 0.15) is 5.75 Å². The van der Waals surface area contributed by atoms with Gasteiger partial charge in [0.05, 0.1) is 19.1 Å². The van der Waals surface area contributed by atoms with E-state index in [1.165, 1.54) is 0 Å². The summed E-state index contributed by atoms with van der Waals surface area (Å²) in [4.78, 5) is 24.4. The average molecular weight is 512 g/mol. The number of carboxylic acids is 1. The van der Waals surface area contributed by atoms with Gasteiger partial charge in [-0.05, 0) is 77.4 Å². The summed E-state index contributed by atoms with van der Waals surface area (Å²) in [6.45, 7) is 2.80. The molecule has 6 nitrogen and oxygen atoms in total. The molecule has 0 aliphatic heterocycles. The third kappa shape index (κ3) is 7.20. The van der Waals surface area contributed by atoms with E-state index in [0.717, 1.165) is 39.4 Å². The summed E-state index contributed by atoms with van der Waals surface area (Å²) in [7, 11) is 0. The number of benzene rings is 4. The van der Waals surface area contributed by atoms with Crippen LogP contribution in [0.5, 0.6) is 5.75 Å². The van der Waals surface area contributed by atoms with E-state index < -0.39 is 5.97 Å². The molecule has 0 radical (unpaired) electrons. The Morgan fingerprint density at radius 1 is 0.895 bits per heavy atom. The maximum atomic E-state index is 13.4. The molecule has 1 amide bonds. The second-order valence-corrected chi connectivity index (χ2v) is 9.49. The second-order valence-electron chi connectivity index (χ2n) is 9.49. The number of ether oxygens (including phenoxy) is 1. The molecule has 4 aromatic carbocycles. The zero-order valence-corrected chi connectivity index (χ0v) is 21.5. The molecule has 4 aromatic rings. The van der Waals surface area contributed by atoms with Crippen LogP contribution in [0, 0.1) is 0 Å². The molecule has 0 heterocycles. The van der Waals surface area contributed by atoms with Crippen LogP contribution in [-0.2, 0) is 33.8 Å². The molecule has 0 fully saturated rings. The number of hydrogen-bond donors (Lipinski definition) is 3. The lowest BCUT2D eigenvalue weighted by atomic mass is 9.94. The van der Waals surface area contributed by atoms with Gasteiger partial charge in [0.15, 0.2) is 0 Å². The van der Waals surface area contributed by atoms with Gasteiger partial charge in [0.25, 0.3) is 0 Å². The van der Waals surface area contributed by atoms with Crippen molar-refractivity contribution >= 4 is 28.3 Å². The fourth-order valence-electron chi connectivity index (χ4n) is 4.53. The van der Waals surface area contributed by atoms with Crippen molar-refractivity contribution in [1.82, 2.24) is 0 Å². The number of hydrogen-bond acceptors (Lipinski definition) is 4. The molecule has 38 heavy (non-hydrogen) atoms. The van der Waals surface area contributed by atoms with Crippen molar-refractivity contribution < 1.29 is 24.5 Å². The number of amides is 1. The van der Waals surface area contributed by atoms with E-state index in [1.54, 1.807) is 12.1 Å².